The van der Waals surface area contributed by atoms with Crippen molar-refractivity contribution in [1.29, 1.82) is 0 Å². The van der Waals surface area contributed by atoms with Gasteiger partial charge in [-0.05, 0) is 43.6 Å². The van der Waals surface area contributed by atoms with Crippen LogP contribution in [0.15, 0.2) is 48.0 Å². The number of aromatic nitrogens is 1. The van der Waals surface area contributed by atoms with Gasteiger partial charge in [-0.25, -0.2) is 9.37 Å². The zero-order chi connectivity index (χ0) is 40.3. The number of allylic oxidation sites excluding steroid dienone is 6. The number of hydrogen-bond acceptors (Lipinski definition) is 9. The lowest BCUT2D eigenvalue weighted by Crippen LogP contribution is -2.59. The standard InChI is InChI=1S/C41H63FN6O6S/c1-9-27(4)35(47(6)39(51)34(26(2)3)46-40(52)41(42)18-19-43-25-41)32(53-7)24-33(49)48-21-14-17-31(48)36(54-8)28(5)37(50)45-30(38-44-20-22-55-38)23-29-15-12-10-11-13-16-29/h10-13,15-16,20,22,26-32,34-36,43H,9,14,17-19,21,23-25H2,1-8H3,(H,45,50)(H,46,52)/t27-,28+,30+,31-,32+,34-,35-,36+,41-/m0/s1. The van der Waals surface area contributed by atoms with E-state index in [0.29, 0.717) is 32.4 Å². The number of alkyl halides is 1. The van der Waals surface area contributed by atoms with Gasteiger partial charge in [-0.15, -0.1) is 11.3 Å². The number of ether oxygens (including phenoxy) is 2. The first kappa shape index (κ1) is 44.3. The molecular weight excluding hydrogens is 724 g/mol. The minimum absolute atomic E-state index is 0.00198. The molecule has 0 unspecified atom stereocenters. The molecule has 1 aromatic rings. The van der Waals surface area contributed by atoms with Gasteiger partial charge < -0.3 is 35.2 Å². The van der Waals surface area contributed by atoms with Crippen LogP contribution in [0.5, 0.6) is 0 Å². The van der Waals surface area contributed by atoms with E-state index >= 15 is 4.39 Å². The van der Waals surface area contributed by atoms with E-state index < -0.39 is 41.8 Å². The zero-order valence-electron chi connectivity index (χ0n) is 33.8. The molecule has 0 radical (unpaired) electrons. The number of likely N-dealkylation sites (tertiary alicyclic amines) is 1. The summed E-state index contributed by atoms with van der Waals surface area (Å²) in [6, 6.07) is -2.12. The Hall–Kier alpha value is -3.46. The van der Waals surface area contributed by atoms with Gasteiger partial charge in [0.2, 0.25) is 23.4 Å². The Bertz CT molecular complexity index is 1500. The molecule has 306 valence electrons. The van der Waals surface area contributed by atoms with Gasteiger partial charge >= 0.3 is 0 Å². The van der Waals surface area contributed by atoms with Crippen molar-refractivity contribution >= 4 is 35.0 Å². The smallest absolute Gasteiger partial charge is 0.259 e. The molecule has 2 fully saturated rings. The van der Waals surface area contributed by atoms with E-state index in [9.17, 15) is 19.2 Å². The largest absolute Gasteiger partial charge is 0.379 e. The van der Waals surface area contributed by atoms with Gasteiger partial charge in [-0.3, -0.25) is 19.2 Å². The molecule has 3 N–H and O–H groups in total. The number of rotatable bonds is 19. The highest BCUT2D eigenvalue weighted by molar-refractivity contribution is 7.09. The maximum atomic E-state index is 15.3. The Balaban J connectivity index is 1.47. The Morgan fingerprint density at radius 2 is 1.80 bits per heavy atom. The van der Waals surface area contributed by atoms with Crippen LogP contribution < -0.4 is 16.0 Å². The van der Waals surface area contributed by atoms with Crippen LogP contribution in [0.4, 0.5) is 4.39 Å². The fraction of sp³-hybridized carbons (Fsp3) is 0.683. The average Bonchev–Trinajstić information content (AvgIpc) is 3.94. The van der Waals surface area contributed by atoms with E-state index in [1.165, 1.54) is 18.4 Å². The third kappa shape index (κ3) is 11.1. The number of thiazole rings is 1. The molecule has 12 nitrogen and oxygen atoms in total. The first-order valence-electron chi connectivity index (χ1n) is 19.8. The maximum Gasteiger partial charge on any atom is 0.259 e. The van der Waals surface area contributed by atoms with Gasteiger partial charge in [-0.2, -0.15) is 0 Å². The molecule has 14 heteroatoms. The number of nitrogens with zero attached hydrogens (tertiary/aromatic N) is 3. The quantitative estimate of drug-likeness (QED) is 0.183. The molecule has 2 saturated heterocycles. The second-order valence-corrected chi connectivity index (χ2v) is 16.6. The van der Waals surface area contributed by atoms with Crippen LogP contribution in [-0.4, -0.2) is 115 Å². The van der Waals surface area contributed by atoms with Crippen molar-refractivity contribution in [3.8, 4) is 0 Å². The lowest BCUT2D eigenvalue weighted by molar-refractivity contribution is -0.148. The first-order valence-corrected chi connectivity index (χ1v) is 20.7. The van der Waals surface area contributed by atoms with E-state index in [-0.39, 0.29) is 66.9 Å². The van der Waals surface area contributed by atoms with E-state index in [1.807, 2.05) is 64.3 Å². The lowest BCUT2D eigenvalue weighted by atomic mass is 9.89. The summed E-state index contributed by atoms with van der Waals surface area (Å²) in [7, 11) is 4.78. The number of methoxy groups -OCH3 is 2. The minimum Gasteiger partial charge on any atom is -0.379 e. The van der Waals surface area contributed by atoms with Crippen molar-refractivity contribution in [3.05, 3.63) is 53.0 Å². The lowest BCUT2D eigenvalue weighted by Gasteiger charge is -2.41. The molecule has 2 aliphatic heterocycles. The molecule has 0 aromatic carbocycles. The van der Waals surface area contributed by atoms with Crippen LogP contribution in [0.2, 0.25) is 0 Å². The van der Waals surface area contributed by atoms with Gasteiger partial charge in [0.25, 0.3) is 5.91 Å². The molecule has 3 aliphatic rings. The van der Waals surface area contributed by atoms with E-state index in [1.54, 1.807) is 30.2 Å². The van der Waals surface area contributed by atoms with Crippen molar-refractivity contribution in [2.24, 2.45) is 23.7 Å². The van der Waals surface area contributed by atoms with Crippen molar-refractivity contribution in [2.75, 3.05) is 40.9 Å². The summed E-state index contributed by atoms with van der Waals surface area (Å²) < 4.78 is 27.3. The highest BCUT2D eigenvalue weighted by atomic mass is 32.1. The Labute approximate surface area is 330 Å². The third-order valence-corrected chi connectivity index (χ3v) is 12.5. The normalized spacial score (nSPS) is 23.8. The molecule has 55 heavy (non-hydrogen) atoms. The van der Waals surface area contributed by atoms with Gasteiger partial charge in [-0.1, -0.05) is 77.5 Å². The maximum absolute atomic E-state index is 15.3. The van der Waals surface area contributed by atoms with Crippen LogP contribution in [0, 0.1) is 23.7 Å². The topological polar surface area (TPSA) is 142 Å². The van der Waals surface area contributed by atoms with Gasteiger partial charge in [0.1, 0.15) is 11.0 Å². The van der Waals surface area contributed by atoms with Crippen LogP contribution in [-0.2, 0) is 28.7 Å². The van der Waals surface area contributed by atoms with Gasteiger partial charge in [0.05, 0.1) is 42.7 Å². The monoisotopic (exact) mass is 786 g/mol. The minimum atomic E-state index is -2.07. The zero-order valence-corrected chi connectivity index (χ0v) is 34.7. The number of carbonyl (C=O) groups excluding carboxylic acids is 4. The molecule has 3 heterocycles. The number of halogens is 1. The second-order valence-electron chi connectivity index (χ2n) is 15.7. The first-order chi connectivity index (χ1) is 26.3. The van der Waals surface area contributed by atoms with E-state index in [4.69, 9.17) is 9.47 Å². The van der Waals surface area contributed by atoms with E-state index in [2.05, 4.69) is 33.1 Å². The Morgan fingerprint density at radius 1 is 1.09 bits per heavy atom. The number of amides is 4. The third-order valence-electron chi connectivity index (χ3n) is 11.6. The number of likely N-dealkylation sites (N-methyl/N-ethyl adjacent to an activating group) is 1. The summed E-state index contributed by atoms with van der Waals surface area (Å²) in [6.45, 7) is 10.3. The highest BCUT2D eigenvalue weighted by Crippen LogP contribution is 2.31. The summed E-state index contributed by atoms with van der Waals surface area (Å²) in [5, 5.41) is 11.6. The predicted molar refractivity (Wildman–Crippen MR) is 213 cm³/mol. The van der Waals surface area contributed by atoms with Crippen LogP contribution in [0.1, 0.15) is 84.2 Å². The van der Waals surface area contributed by atoms with Gasteiger partial charge in [0, 0.05) is 52.4 Å². The molecule has 1 aromatic heterocycles. The van der Waals surface area contributed by atoms with Crippen LogP contribution >= 0.6 is 11.3 Å². The van der Waals surface area contributed by atoms with Crippen molar-refractivity contribution in [1.82, 2.24) is 30.7 Å². The molecule has 0 saturated carbocycles. The fourth-order valence-electron chi connectivity index (χ4n) is 8.13. The SMILES string of the molecule is CC[C@H](C)[C@@H]([C@@H](CC(=O)N1CCC[C@H]1[C@H](OC)[C@@H](C)C(=O)N[C@H](CC1C=CC=CC=C1)c1nccs1)OC)N(C)C(=O)[C@@H](NC(=O)[C@]1(F)CCNC1)C(C)C. The average molecular weight is 787 g/mol. The molecular formula is C41H63FN6O6S. The molecule has 9 atom stereocenters. The molecule has 4 rings (SSSR count). The summed E-state index contributed by atoms with van der Waals surface area (Å²) in [6.07, 6.45) is 15.5. The van der Waals surface area contributed by atoms with E-state index in [0.717, 1.165) is 11.4 Å². The van der Waals surface area contributed by atoms with Crippen LogP contribution in [0.25, 0.3) is 0 Å². The second kappa shape index (κ2) is 20.6. The molecule has 4 amide bonds. The molecule has 0 spiro atoms. The summed E-state index contributed by atoms with van der Waals surface area (Å²) in [5.41, 5.74) is -2.07. The van der Waals surface area contributed by atoms with Crippen LogP contribution in [0.3, 0.4) is 0 Å². The fourth-order valence-corrected chi connectivity index (χ4v) is 8.83. The van der Waals surface area contributed by atoms with Crippen molar-refractivity contribution < 1.29 is 33.0 Å². The van der Waals surface area contributed by atoms with Crippen molar-refractivity contribution in [3.63, 3.8) is 0 Å². The summed E-state index contributed by atoms with van der Waals surface area (Å²) in [5.74, 6) is -2.32. The number of hydrogen-bond donors (Lipinski definition) is 3. The summed E-state index contributed by atoms with van der Waals surface area (Å²) in [4.78, 5) is 63.2. The molecule has 0 bridgehead atoms. The van der Waals surface area contributed by atoms with Crippen molar-refractivity contribution in [2.45, 2.75) is 115 Å². The summed E-state index contributed by atoms with van der Waals surface area (Å²) >= 11 is 1.50. The number of nitrogens with one attached hydrogen (secondary N) is 3. The highest BCUT2D eigenvalue weighted by Gasteiger charge is 2.46. The Kier molecular flexibility index (Phi) is 16.6. The number of carbonyl (C=O) groups is 4. The molecule has 1 aliphatic carbocycles. The predicted octanol–water partition coefficient (Wildman–Crippen LogP) is 4.75. The van der Waals surface area contributed by atoms with Gasteiger partial charge in [0.15, 0.2) is 0 Å². The Morgan fingerprint density at radius 3 is 2.36 bits per heavy atom.